The summed E-state index contributed by atoms with van der Waals surface area (Å²) in [6.45, 7) is 0. The van der Waals surface area contributed by atoms with Crippen molar-refractivity contribution in [2.75, 3.05) is 14.2 Å². The Labute approximate surface area is 93.8 Å². The molecule has 1 fully saturated rings. The molecule has 4 heteroatoms. The lowest BCUT2D eigenvalue weighted by Crippen LogP contribution is -2.04. The SMILES string of the molecule is COc1ccc(C(=O)O)c(OC)c1C1CC1. The van der Waals surface area contributed by atoms with Gasteiger partial charge in [0.15, 0.2) is 0 Å². The van der Waals surface area contributed by atoms with E-state index in [-0.39, 0.29) is 5.56 Å². The molecule has 0 bridgehead atoms. The van der Waals surface area contributed by atoms with E-state index in [1.807, 2.05) is 0 Å². The van der Waals surface area contributed by atoms with Crippen LogP contribution in [-0.4, -0.2) is 25.3 Å². The average molecular weight is 222 g/mol. The quantitative estimate of drug-likeness (QED) is 0.849. The fourth-order valence-electron chi connectivity index (χ4n) is 1.91. The van der Waals surface area contributed by atoms with Crippen LogP contribution in [0.4, 0.5) is 0 Å². The van der Waals surface area contributed by atoms with Gasteiger partial charge in [0.2, 0.25) is 0 Å². The predicted molar refractivity (Wildman–Crippen MR) is 58.5 cm³/mol. The van der Waals surface area contributed by atoms with Gasteiger partial charge in [0, 0.05) is 5.56 Å². The lowest BCUT2D eigenvalue weighted by molar-refractivity contribution is 0.0693. The van der Waals surface area contributed by atoms with Gasteiger partial charge in [0.1, 0.15) is 17.1 Å². The van der Waals surface area contributed by atoms with Crippen LogP contribution in [0.2, 0.25) is 0 Å². The predicted octanol–water partition coefficient (Wildman–Crippen LogP) is 2.28. The Kier molecular flexibility index (Phi) is 2.73. The highest BCUT2D eigenvalue weighted by atomic mass is 16.5. The Morgan fingerprint density at radius 2 is 2.00 bits per heavy atom. The van der Waals surface area contributed by atoms with Crippen molar-refractivity contribution in [3.63, 3.8) is 0 Å². The number of hydrogen-bond acceptors (Lipinski definition) is 3. The first kappa shape index (κ1) is 10.8. The third-order valence-electron chi connectivity index (χ3n) is 2.80. The van der Waals surface area contributed by atoms with Crippen molar-refractivity contribution in [3.05, 3.63) is 23.3 Å². The molecule has 1 aromatic rings. The van der Waals surface area contributed by atoms with E-state index in [1.165, 1.54) is 13.2 Å². The second kappa shape index (κ2) is 4.04. The lowest BCUT2D eigenvalue weighted by Gasteiger charge is -2.14. The average Bonchev–Trinajstić information content (AvgIpc) is 3.10. The number of carboxylic acids is 1. The third kappa shape index (κ3) is 1.71. The molecule has 0 spiro atoms. The molecule has 1 N–H and O–H groups in total. The minimum atomic E-state index is -0.971. The van der Waals surface area contributed by atoms with Gasteiger partial charge >= 0.3 is 5.97 Å². The molecule has 0 amide bonds. The number of carboxylic acid groups (broad SMARTS) is 1. The molecular formula is C12H14O4. The number of ether oxygens (including phenoxy) is 2. The van der Waals surface area contributed by atoms with Crippen LogP contribution in [0, 0.1) is 0 Å². The molecule has 0 aromatic heterocycles. The van der Waals surface area contributed by atoms with Crippen molar-refractivity contribution in [2.24, 2.45) is 0 Å². The molecule has 0 atom stereocenters. The monoisotopic (exact) mass is 222 g/mol. The first-order valence-electron chi connectivity index (χ1n) is 5.17. The molecule has 1 aromatic carbocycles. The van der Waals surface area contributed by atoms with Crippen LogP contribution in [0.5, 0.6) is 11.5 Å². The highest BCUT2D eigenvalue weighted by molar-refractivity contribution is 5.92. The maximum Gasteiger partial charge on any atom is 0.339 e. The molecular weight excluding hydrogens is 208 g/mol. The number of methoxy groups -OCH3 is 2. The Morgan fingerprint density at radius 1 is 1.31 bits per heavy atom. The zero-order valence-electron chi connectivity index (χ0n) is 9.32. The maximum atomic E-state index is 11.1. The van der Waals surface area contributed by atoms with Gasteiger partial charge in [0.05, 0.1) is 14.2 Å². The summed E-state index contributed by atoms with van der Waals surface area (Å²) in [6, 6.07) is 3.21. The number of aromatic carboxylic acids is 1. The first-order chi connectivity index (χ1) is 7.69. The minimum Gasteiger partial charge on any atom is -0.496 e. The highest BCUT2D eigenvalue weighted by Crippen LogP contribution is 2.49. The van der Waals surface area contributed by atoms with Crippen LogP contribution < -0.4 is 9.47 Å². The molecule has 0 aliphatic heterocycles. The van der Waals surface area contributed by atoms with Crippen molar-refractivity contribution >= 4 is 5.97 Å². The van der Waals surface area contributed by atoms with Gasteiger partial charge in [-0.15, -0.1) is 0 Å². The molecule has 1 aliphatic carbocycles. The van der Waals surface area contributed by atoms with Crippen molar-refractivity contribution in [1.82, 2.24) is 0 Å². The summed E-state index contributed by atoms with van der Waals surface area (Å²) < 4.78 is 10.5. The second-order valence-electron chi connectivity index (χ2n) is 3.84. The van der Waals surface area contributed by atoms with Crippen LogP contribution in [0.1, 0.15) is 34.7 Å². The fourth-order valence-corrected chi connectivity index (χ4v) is 1.91. The zero-order chi connectivity index (χ0) is 11.7. The molecule has 1 aliphatic rings. The molecule has 0 heterocycles. The standard InChI is InChI=1S/C12H14O4/c1-15-9-6-5-8(12(13)14)11(16-2)10(9)7-3-4-7/h5-7H,3-4H2,1-2H3,(H,13,14). The molecule has 16 heavy (non-hydrogen) atoms. The largest absolute Gasteiger partial charge is 0.496 e. The van der Waals surface area contributed by atoms with Crippen molar-refractivity contribution in [1.29, 1.82) is 0 Å². The summed E-state index contributed by atoms with van der Waals surface area (Å²) in [5, 5.41) is 9.07. The van der Waals surface area contributed by atoms with Gasteiger partial charge in [-0.2, -0.15) is 0 Å². The van der Waals surface area contributed by atoms with Gasteiger partial charge < -0.3 is 14.6 Å². The smallest absolute Gasteiger partial charge is 0.339 e. The molecule has 0 unspecified atom stereocenters. The van der Waals surface area contributed by atoms with Gasteiger partial charge in [-0.05, 0) is 30.9 Å². The van der Waals surface area contributed by atoms with Crippen LogP contribution in [0.15, 0.2) is 12.1 Å². The van der Waals surface area contributed by atoms with E-state index in [9.17, 15) is 4.79 Å². The van der Waals surface area contributed by atoms with Gasteiger partial charge in [-0.3, -0.25) is 0 Å². The van der Waals surface area contributed by atoms with Crippen LogP contribution in [0.3, 0.4) is 0 Å². The molecule has 0 radical (unpaired) electrons. The third-order valence-corrected chi connectivity index (χ3v) is 2.80. The fraction of sp³-hybridized carbons (Fsp3) is 0.417. The van der Waals surface area contributed by atoms with Gasteiger partial charge in [-0.25, -0.2) is 4.79 Å². The molecule has 0 saturated heterocycles. The van der Waals surface area contributed by atoms with E-state index in [4.69, 9.17) is 14.6 Å². The first-order valence-corrected chi connectivity index (χ1v) is 5.17. The number of carbonyl (C=O) groups is 1. The van der Waals surface area contributed by atoms with Gasteiger partial charge in [0.25, 0.3) is 0 Å². The second-order valence-corrected chi connectivity index (χ2v) is 3.84. The van der Waals surface area contributed by atoms with E-state index in [0.717, 1.165) is 18.4 Å². The van der Waals surface area contributed by atoms with E-state index < -0.39 is 5.97 Å². The number of hydrogen-bond donors (Lipinski definition) is 1. The normalized spacial score (nSPS) is 14.6. The van der Waals surface area contributed by atoms with Crippen molar-refractivity contribution in [3.8, 4) is 11.5 Å². The van der Waals surface area contributed by atoms with Crippen LogP contribution in [-0.2, 0) is 0 Å². The van der Waals surface area contributed by atoms with Gasteiger partial charge in [-0.1, -0.05) is 0 Å². The molecule has 4 nitrogen and oxygen atoms in total. The number of benzene rings is 1. The summed E-state index contributed by atoms with van der Waals surface area (Å²) in [7, 11) is 3.08. The highest BCUT2D eigenvalue weighted by Gasteiger charge is 2.32. The van der Waals surface area contributed by atoms with E-state index >= 15 is 0 Å². The Bertz CT molecular complexity index is 421. The summed E-state index contributed by atoms with van der Waals surface area (Å²) in [6.07, 6.45) is 2.13. The van der Waals surface area contributed by atoms with Crippen LogP contribution in [0.25, 0.3) is 0 Å². The summed E-state index contributed by atoms with van der Waals surface area (Å²) >= 11 is 0. The topological polar surface area (TPSA) is 55.8 Å². The lowest BCUT2D eigenvalue weighted by atomic mass is 10.0. The molecule has 2 rings (SSSR count). The van der Waals surface area contributed by atoms with Crippen LogP contribution >= 0.6 is 0 Å². The Balaban J connectivity index is 2.59. The van der Waals surface area contributed by atoms with E-state index in [1.54, 1.807) is 13.2 Å². The maximum absolute atomic E-state index is 11.1. The Hall–Kier alpha value is -1.71. The Morgan fingerprint density at radius 3 is 2.44 bits per heavy atom. The van der Waals surface area contributed by atoms with Crippen molar-refractivity contribution < 1.29 is 19.4 Å². The summed E-state index contributed by atoms with van der Waals surface area (Å²) in [5.74, 6) is 0.560. The number of rotatable bonds is 4. The molecule has 1 saturated carbocycles. The summed E-state index contributed by atoms with van der Waals surface area (Å²) in [5.41, 5.74) is 1.09. The van der Waals surface area contributed by atoms with Crippen molar-refractivity contribution in [2.45, 2.75) is 18.8 Å². The van der Waals surface area contributed by atoms with E-state index in [0.29, 0.717) is 17.4 Å². The van der Waals surface area contributed by atoms with E-state index in [2.05, 4.69) is 0 Å². The molecule has 86 valence electrons. The zero-order valence-corrected chi connectivity index (χ0v) is 9.32. The minimum absolute atomic E-state index is 0.199. The summed E-state index contributed by atoms with van der Waals surface area (Å²) in [4.78, 5) is 11.1.